The number of fused-ring (bicyclic) bond motifs is 3. The number of amides is 1. The molecule has 2 saturated carbocycles. The summed E-state index contributed by atoms with van der Waals surface area (Å²) in [6.07, 6.45) is 7.24. The van der Waals surface area contributed by atoms with Gasteiger partial charge in [-0.2, -0.15) is 5.10 Å². The van der Waals surface area contributed by atoms with E-state index in [1.54, 1.807) is 27.9 Å². The Bertz CT molecular complexity index is 1490. The standard InChI is InChI=1S/C26H31N7O3S/c1-25(9-10-25)29-37(35,36)20-5-6-22-21(13-20)23(34)32(17-18-14-28-31(4)16-18)24-27-15-19(33(22)24)7-8-26(11-12-26)30(2)3/h5-6,13-14,16,19,29H,9-12,15,17H2,1-4H3/t19-/m1/s1. The molecule has 0 spiro atoms. The molecule has 0 bridgehead atoms. The Morgan fingerprint density at radius 3 is 2.59 bits per heavy atom. The third kappa shape index (κ3) is 4.23. The van der Waals surface area contributed by atoms with Gasteiger partial charge in [0, 0.05) is 24.3 Å². The lowest BCUT2D eigenvalue weighted by Gasteiger charge is -2.37. The van der Waals surface area contributed by atoms with Crippen LogP contribution < -0.4 is 9.62 Å². The van der Waals surface area contributed by atoms with Crippen molar-refractivity contribution in [1.29, 1.82) is 0 Å². The highest BCUT2D eigenvalue weighted by molar-refractivity contribution is 7.89. The fourth-order valence-corrected chi connectivity index (χ4v) is 6.43. The zero-order valence-electron chi connectivity index (χ0n) is 21.5. The molecule has 0 radical (unpaired) electrons. The van der Waals surface area contributed by atoms with E-state index in [4.69, 9.17) is 4.99 Å². The molecule has 0 unspecified atom stereocenters. The fourth-order valence-electron chi connectivity index (χ4n) is 4.94. The topological polar surface area (TPSA) is 103 Å². The first-order valence-corrected chi connectivity index (χ1v) is 14.0. The molecule has 37 heavy (non-hydrogen) atoms. The van der Waals surface area contributed by atoms with Gasteiger partial charge in [0.15, 0.2) is 0 Å². The van der Waals surface area contributed by atoms with E-state index in [9.17, 15) is 13.2 Å². The summed E-state index contributed by atoms with van der Waals surface area (Å²) in [5.74, 6) is 7.14. The number of carbonyl (C=O) groups is 1. The number of benzene rings is 1. The maximum absolute atomic E-state index is 13.8. The molecule has 11 heteroatoms. The van der Waals surface area contributed by atoms with Crippen LogP contribution >= 0.6 is 0 Å². The molecule has 2 fully saturated rings. The lowest BCUT2D eigenvalue weighted by atomic mass is 10.1. The van der Waals surface area contributed by atoms with Crippen molar-refractivity contribution >= 4 is 27.6 Å². The predicted molar refractivity (Wildman–Crippen MR) is 139 cm³/mol. The average Bonchev–Trinajstić information content (AvgIpc) is 3.70. The van der Waals surface area contributed by atoms with Gasteiger partial charge in [0.2, 0.25) is 16.0 Å². The first-order chi connectivity index (χ1) is 17.5. The summed E-state index contributed by atoms with van der Waals surface area (Å²) in [6.45, 7) is 2.60. The summed E-state index contributed by atoms with van der Waals surface area (Å²) >= 11 is 0. The molecule has 1 amide bonds. The number of aliphatic imine (C=N–C) groups is 1. The highest BCUT2D eigenvalue weighted by Gasteiger charge is 2.46. The third-order valence-electron chi connectivity index (χ3n) is 7.72. The molecular formula is C26H31N7O3S. The third-order valence-corrected chi connectivity index (χ3v) is 9.35. The van der Waals surface area contributed by atoms with Crippen molar-refractivity contribution in [1.82, 2.24) is 24.3 Å². The van der Waals surface area contributed by atoms with Crippen molar-refractivity contribution in [2.45, 2.75) is 61.2 Å². The van der Waals surface area contributed by atoms with Gasteiger partial charge in [-0.15, -0.1) is 0 Å². The van der Waals surface area contributed by atoms with Crippen LogP contribution in [0.15, 0.2) is 40.5 Å². The van der Waals surface area contributed by atoms with Crippen LogP contribution in [0.2, 0.25) is 0 Å². The smallest absolute Gasteiger partial charge is 0.263 e. The van der Waals surface area contributed by atoms with E-state index in [0.717, 1.165) is 31.2 Å². The van der Waals surface area contributed by atoms with Gasteiger partial charge in [-0.1, -0.05) is 11.8 Å². The van der Waals surface area contributed by atoms with E-state index in [2.05, 4.69) is 26.6 Å². The van der Waals surface area contributed by atoms with Crippen molar-refractivity contribution < 1.29 is 13.2 Å². The fraction of sp³-hybridized carbons (Fsp3) is 0.500. The minimum Gasteiger partial charge on any atom is -0.295 e. The van der Waals surface area contributed by atoms with Crippen LogP contribution in [0.5, 0.6) is 0 Å². The second kappa shape index (κ2) is 8.15. The Labute approximate surface area is 217 Å². The summed E-state index contributed by atoms with van der Waals surface area (Å²) in [4.78, 5) is 24.4. The Hall–Kier alpha value is -3.20. The minimum absolute atomic E-state index is 0.0841. The molecule has 1 aromatic heterocycles. The Balaban J connectivity index is 1.40. The van der Waals surface area contributed by atoms with Crippen molar-refractivity contribution in [2.24, 2.45) is 12.0 Å². The summed E-state index contributed by atoms with van der Waals surface area (Å²) in [7, 11) is 2.14. The van der Waals surface area contributed by atoms with Gasteiger partial charge in [0.1, 0.15) is 6.04 Å². The van der Waals surface area contributed by atoms with Crippen LogP contribution in [-0.4, -0.2) is 77.6 Å². The Morgan fingerprint density at radius 2 is 1.97 bits per heavy atom. The van der Waals surface area contributed by atoms with Gasteiger partial charge in [-0.25, -0.2) is 18.1 Å². The lowest BCUT2D eigenvalue weighted by molar-refractivity contribution is 0.0833. The van der Waals surface area contributed by atoms with Crippen LogP contribution in [0.3, 0.4) is 0 Å². The number of nitrogens with zero attached hydrogens (tertiary/aromatic N) is 6. The molecule has 4 aliphatic rings. The monoisotopic (exact) mass is 521 g/mol. The zero-order chi connectivity index (χ0) is 26.2. The molecule has 6 rings (SSSR count). The Kier molecular flexibility index (Phi) is 5.32. The predicted octanol–water partition coefficient (Wildman–Crippen LogP) is 1.55. The van der Waals surface area contributed by atoms with Gasteiger partial charge in [-0.05, 0) is 64.9 Å². The number of hydrogen-bond acceptors (Lipinski definition) is 7. The van der Waals surface area contributed by atoms with E-state index in [-0.39, 0.29) is 28.9 Å². The van der Waals surface area contributed by atoms with E-state index in [1.165, 1.54) is 6.07 Å². The van der Waals surface area contributed by atoms with E-state index in [0.29, 0.717) is 23.8 Å². The lowest BCUT2D eigenvalue weighted by Crippen LogP contribution is -2.52. The minimum atomic E-state index is -3.77. The second-order valence-corrected chi connectivity index (χ2v) is 12.7. The normalized spacial score (nSPS) is 22.8. The van der Waals surface area contributed by atoms with E-state index >= 15 is 0 Å². The number of aromatic nitrogens is 2. The van der Waals surface area contributed by atoms with Gasteiger partial charge in [0.05, 0.1) is 41.0 Å². The molecule has 10 nitrogen and oxygen atoms in total. The molecule has 2 aliphatic heterocycles. The van der Waals surface area contributed by atoms with Crippen LogP contribution in [0.1, 0.15) is 48.5 Å². The number of aryl methyl sites for hydroxylation is 1. The summed E-state index contributed by atoms with van der Waals surface area (Å²) in [5, 5.41) is 4.23. The molecule has 1 aromatic carbocycles. The molecule has 3 heterocycles. The van der Waals surface area contributed by atoms with Gasteiger partial charge in [-0.3, -0.25) is 24.2 Å². The average molecular weight is 522 g/mol. The highest BCUT2D eigenvalue weighted by atomic mass is 32.2. The molecular weight excluding hydrogens is 490 g/mol. The summed E-state index contributed by atoms with van der Waals surface area (Å²) in [6, 6.07) is 4.53. The molecule has 2 aromatic rings. The molecule has 0 saturated heterocycles. The number of guanidine groups is 1. The van der Waals surface area contributed by atoms with Crippen LogP contribution in [-0.2, 0) is 23.6 Å². The number of sulfonamides is 1. The van der Waals surface area contributed by atoms with Gasteiger partial charge < -0.3 is 0 Å². The van der Waals surface area contributed by atoms with Gasteiger partial charge in [0.25, 0.3) is 5.91 Å². The van der Waals surface area contributed by atoms with Crippen LogP contribution in [0.25, 0.3) is 0 Å². The second-order valence-electron chi connectivity index (χ2n) is 11.0. The molecule has 194 valence electrons. The number of rotatable bonds is 6. The summed E-state index contributed by atoms with van der Waals surface area (Å²) < 4.78 is 30.7. The number of hydrogen-bond donors (Lipinski definition) is 1. The summed E-state index contributed by atoms with van der Waals surface area (Å²) in [5.41, 5.74) is 1.30. The molecule has 1 N–H and O–H groups in total. The first kappa shape index (κ1) is 24.2. The quantitative estimate of drug-likeness (QED) is 0.579. The molecule has 1 atom stereocenters. The SMILES string of the molecule is CN(C)C1(C#C[C@@H]2CN=C3N(Cc4cnn(C)c4)C(=O)c4cc(S(=O)(=O)NC5(C)CC5)ccc4N32)CC1. The number of carbonyl (C=O) groups excluding carboxylic acids is 1. The maximum Gasteiger partial charge on any atom is 0.263 e. The van der Waals surface area contributed by atoms with Crippen molar-refractivity contribution in [3.8, 4) is 11.8 Å². The van der Waals surface area contributed by atoms with Crippen LogP contribution in [0, 0.1) is 11.8 Å². The first-order valence-electron chi connectivity index (χ1n) is 12.5. The van der Waals surface area contributed by atoms with Crippen molar-refractivity contribution in [2.75, 3.05) is 25.5 Å². The van der Waals surface area contributed by atoms with Crippen molar-refractivity contribution in [3.63, 3.8) is 0 Å². The van der Waals surface area contributed by atoms with Crippen LogP contribution in [0.4, 0.5) is 5.69 Å². The maximum atomic E-state index is 13.8. The Morgan fingerprint density at radius 1 is 1.22 bits per heavy atom. The number of nitrogens with one attached hydrogen (secondary N) is 1. The van der Waals surface area contributed by atoms with E-state index < -0.39 is 15.6 Å². The van der Waals surface area contributed by atoms with Gasteiger partial charge >= 0.3 is 0 Å². The zero-order valence-corrected chi connectivity index (χ0v) is 22.3. The largest absolute Gasteiger partial charge is 0.295 e. The molecule has 2 aliphatic carbocycles. The van der Waals surface area contributed by atoms with E-state index in [1.807, 2.05) is 39.2 Å². The highest BCUT2D eigenvalue weighted by Crippen LogP contribution is 2.40. The van der Waals surface area contributed by atoms with Crippen molar-refractivity contribution in [3.05, 3.63) is 41.7 Å². The number of anilines is 1.